The van der Waals surface area contributed by atoms with Crippen molar-refractivity contribution in [2.24, 2.45) is 0 Å². The molecule has 1 heterocycles. The molecule has 0 saturated heterocycles. The second kappa shape index (κ2) is 6.80. The number of benzene rings is 1. The monoisotopic (exact) mass is 252 g/mol. The summed E-state index contributed by atoms with van der Waals surface area (Å²) in [4.78, 5) is 0. The zero-order chi connectivity index (χ0) is 13.5. The highest BCUT2D eigenvalue weighted by molar-refractivity contribution is 5.41. The molecule has 2 nitrogen and oxygen atoms in total. The quantitative estimate of drug-likeness (QED) is 0.650. The summed E-state index contributed by atoms with van der Waals surface area (Å²) >= 11 is 0. The van der Waals surface area contributed by atoms with Crippen LogP contribution in [0.4, 0.5) is 0 Å². The fourth-order valence-electron chi connectivity index (χ4n) is 1.89. The molecule has 0 aliphatic rings. The third kappa shape index (κ3) is 4.30. The van der Waals surface area contributed by atoms with Crippen LogP contribution >= 0.6 is 0 Å². The number of unbranched alkanes of at least 4 members (excludes halogenated alkanes) is 2. The van der Waals surface area contributed by atoms with Crippen molar-refractivity contribution in [1.82, 2.24) is 10.2 Å². The van der Waals surface area contributed by atoms with Gasteiger partial charge in [-0.1, -0.05) is 43.4 Å². The average molecular weight is 252 g/mol. The number of aromatic nitrogens is 2. The number of H-pyrrole nitrogens is 1. The maximum Gasteiger partial charge on any atom is 0.108 e. The number of hydrogen-bond acceptors (Lipinski definition) is 1. The first-order valence-electron chi connectivity index (χ1n) is 6.91. The lowest BCUT2D eigenvalue weighted by atomic mass is 10.1. The number of nitrogens with one attached hydrogen (secondary N) is 1. The van der Waals surface area contributed by atoms with Crippen molar-refractivity contribution in [2.75, 3.05) is 0 Å². The Morgan fingerprint density at radius 3 is 2.63 bits per heavy atom. The van der Waals surface area contributed by atoms with Crippen LogP contribution in [0.5, 0.6) is 0 Å². The second-order valence-corrected chi connectivity index (χ2v) is 4.85. The molecule has 98 valence electrons. The Morgan fingerprint density at radius 2 is 1.89 bits per heavy atom. The molecule has 0 aliphatic carbocycles. The summed E-state index contributed by atoms with van der Waals surface area (Å²) in [6.45, 7) is 4.29. The first-order chi connectivity index (χ1) is 9.28. The Labute approximate surface area is 115 Å². The molecule has 2 rings (SSSR count). The van der Waals surface area contributed by atoms with E-state index in [2.05, 4.69) is 54.1 Å². The van der Waals surface area contributed by atoms with E-state index in [1.807, 2.05) is 12.1 Å². The summed E-state index contributed by atoms with van der Waals surface area (Å²) in [5.41, 5.74) is 4.30. The van der Waals surface area contributed by atoms with Crippen molar-refractivity contribution >= 4 is 0 Å². The van der Waals surface area contributed by atoms with Crippen LogP contribution < -0.4 is 0 Å². The van der Waals surface area contributed by atoms with Crippen LogP contribution in [0.15, 0.2) is 30.3 Å². The molecule has 0 aliphatic heterocycles. The predicted octanol–water partition coefficient (Wildman–Crippen LogP) is 3.85. The molecular formula is C17H20N2. The Balaban J connectivity index is 1.98. The smallest absolute Gasteiger partial charge is 0.108 e. The Bertz CT molecular complexity index is 567. The minimum absolute atomic E-state index is 0.895. The third-order valence-corrected chi connectivity index (χ3v) is 3.06. The maximum absolute atomic E-state index is 4.29. The molecule has 0 fully saturated rings. The van der Waals surface area contributed by atoms with Crippen molar-refractivity contribution in [3.8, 4) is 11.8 Å². The molecule has 0 saturated carbocycles. The largest absolute Gasteiger partial charge is 0.270 e. The minimum Gasteiger partial charge on any atom is -0.270 e. The van der Waals surface area contributed by atoms with Gasteiger partial charge in [0.15, 0.2) is 0 Å². The molecule has 1 aromatic heterocycles. The zero-order valence-corrected chi connectivity index (χ0v) is 11.7. The van der Waals surface area contributed by atoms with Crippen LogP contribution in [0.25, 0.3) is 0 Å². The fourth-order valence-corrected chi connectivity index (χ4v) is 1.89. The second-order valence-electron chi connectivity index (χ2n) is 4.85. The van der Waals surface area contributed by atoms with E-state index in [4.69, 9.17) is 0 Å². The van der Waals surface area contributed by atoms with E-state index in [1.165, 1.54) is 24.8 Å². The van der Waals surface area contributed by atoms with Gasteiger partial charge in [0.1, 0.15) is 5.69 Å². The standard InChI is InChI=1S/C17H20N2/c1-3-4-5-6-16-13-17(19-18-16)12-11-15-9-7-14(2)8-10-15/h7-10,13H,3-6H2,1-2H3,(H,18,19). The molecule has 0 atom stereocenters. The number of aromatic amines is 1. The first-order valence-corrected chi connectivity index (χ1v) is 6.91. The van der Waals surface area contributed by atoms with Crippen LogP contribution in [0.3, 0.4) is 0 Å². The van der Waals surface area contributed by atoms with E-state index < -0.39 is 0 Å². The van der Waals surface area contributed by atoms with Gasteiger partial charge in [0.2, 0.25) is 0 Å². The molecule has 0 unspecified atom stereocenters. The van der Waals surface area contributed by atoms with E-state index in [-0.39, 0.29) is 0 Å². The summed E-state index contributed by atoms with van der Waals surface area (Å²) < 4.78 is 0. The predicted molar refractivity (Wildman–Crippen MR) is 79.0 cm³/mol. The summed E-state index contributed by atoms with van der Waals surface area (Å²) in [6, 6.07) is 10.3. The summed E-state index contributed by atoms with van der Waals surface area (Å²) in [6.07, 6.45) is 4.74. The van der Waals surface area contributed by atoms with Crippen molar-refractivity contribution in [3.05, 3.63) is 52.8 Å². The van der Waals surface area contributed by atoms with E-state index in [0.717, 1.165) is 23.4 Å². The van der Waals surface area contributed by atoms with Crippen LogP contribution in [-0.2, 0) is 6.42 Å². The van der Waals surface area contributed by atoms with E-state index in [9.17, 15) is 0 Å². The molecular weight excluding hydrogens is 232 g/mol. The summed E-state index contributed by atoms with van der Waals surface area (Å²) in [5.74, 6) is 6.27. The molecule has 1 N–H and O–H groups in total. The lowest BCUT2D eigenvalue weighted by molar-refractivity contribution is 0.705. The molecule has 1 aromatic carbocycles. The van der Waals surface area contributed by atoms with Gasteiger partial charge in [-0.25, -0.2) is 0 Å². The van der Waals surface area contributed by atoms with Gasteiger partial charge in [0.25, 0.3) is 0 Å². The van der Waals surface area contributed by atoms with Gasteiger partial charge in [0.05, 0.1) is 5.69 Å². The molecule has 2 heteroatoms. The van der Waals surface area contributed by atoms with Crippen LogP contribution in [0.2, 0.25) is 0 Å². The number of rotatable bonds is 4. The Morgan fingerprint density at radius 1 is 1.11 bits per heavy atom. The van der Waals surface area contributed by atoms with Gasteiger partial charge in [-0.2, -0.15) is 5.10 Å². The highest BCUT2D eigenvalue weighted by Gasteiger charge is 1.98. The van der Waals surface area contributed by atoms with E-state index in [1.54, 1.807) is 0 Å². The zero-order valence-electron chi connectivity index (χ0n) is 11.7. The topological polar surface area (TPSA) is 28.7 Å². The van der Waals surface area contributed by atoms with Gasteiger partial charge in [-0.05, 0) is 43.9 Å². The van der Waals surface area contributed by atoms with Gasteiger partial charge >= 0.3 is 0 Å². The van der Waals surface area contributed by atoms with Gasteiger partial charge < -0.3 is 0 Å². The highest BCUT2D eigenvalue weighted by atomic mass is 15.1. The van der Waals surface area contributed by atoms with E-state index >= 15 is 0 Å². The third-order valence-electron chi connectivity index (χ3n) is 3.06. The van der Waals surface area contributed by atoms with Gasteiger partial charge in [0, 0.05) is 5.56 Å². The SMILES string of the molecule is CCCCCc1cc(C#Cc2ccc(C)cc2)[nH]n1. The van der Waals surface area contributed by atoms with Crippen LogP contribution in [-0.4, -0.2) is 10.2 Å². The van der Waals surface area contributed by atoms with Crippen molar-refractivity contribution in [1.29, 1.82) is 0 Å². The molecule has 2 aromatic rings. The minimum atomic E-state index is 0.895. The van der Waals surface area contributed by atoms with E-state index in [0.29, 0.717) is 0 Å². The molecule has 0 spiro atoms. The lowest BCUT2D eigenvalue weighted by Gasteiger charge is -1.92. The molecule has 0 bridgehead atoms. The molecule has 0 amide bonds. The molecule has 19 heavy (non-hydrogen) atoms. The normalized spacial score (nSPS) is 10.0. The molecule has 0 radical (unpaired) electrons. The Hall–Kier alpha value is -2.01. The number of hydrogen-bond donors (Lipinski definition) is 1. The lowest BCUT2D eigenvalue weighted by Crippen LogP contribution is -1.84. The van der Waals surface area contributed by atoms with Gasteiger partial charge in [-0.15, -0.1) is 0 Å². The van der Waals surface area contributed by atoms with Crippen LogP contribution in [0.1, 0.15) is 48.7 Å². The van der Waals surface area contributed by atoms with Crippen molar-refractivity contribution < 1.29 is 0 Å². The number of aryl methyl sites for hydroxylation is 2. The van der Waals surface area contributed by atoms with Gasteiger partial charge in [-0.3, -0.25) is 5.10 Å². The summed E-state index contributed by atoms with van der Waals surface area (Å²) in [5, 5.41) is 7.28. The maximum atomic E-state index is 4.29. The Kier molecular flexibility index (Phi) is 4.80. The summed E-state index contributed by atoms with van der Waals surface area (Å²) in [7, 11) is 0. The van der Waals surface area contributed by atoms with Crippen LogP contribution in [0, 0.1) is 18.8 Å². The highest BCUT2D eigenvalue weighted by Crippen LogP contribution is 2.06. The number of nitrogens with zero attached hydrogens (tertiary/aromatic N) is 1. The fraction of sp³-hybridized carbons (Fsp3) is 0.353. The first kappa shape index (κ1) is 13.4. The van der Waals surface area contributed by atoms with Crippen molar-refractivity contribution in [3.63, 3.8) is 0 Å². The average Bonchev–Trinajstić information content (AvgIpc) is 2.86. The van der Waals surface area contributed by atoms with Crippen molar-refractivity contribution in [2.45, 2.75) is 39.5 Å².